The molecule has 1 aromatic carbocycles. The number of nitrogen functional groups attached to an aromatic ring is 1. The van der Waals surface area contributed by atoms with Crippen LogP contribution in [0.5, 0.6) is 0 Å². The van der Waals surface area contributed by atoms with Crippen LogP contribution in [0.15, 0.2) is 30.3 Å². The summed E-state index contributed by atoms with van der Waals surface area (Å²) in [5.41, 5.74) is 8.19. The summed E-state index contributed by atoms with van der Waals surface area (Å²) in [7, 11) is 0. The lowest BCUT2D eigenvalue weighted by Crippen LogP contribution is -2.14. The molecule has 0 unspecified atom stereocenters. The van der Waals surface area contributed by atoms with Gasteiger partial charge in [0, 0.05) is 22.9 Å². The van der Waals surface area contributed by atoms with Crippen LogP contribution in [0.25, 0.3) is 0 Å². The molecular formula is C15H20N4O. The van der Waals surface area contributed by atoms with Crippen LogP contribution in [0.3, 0.4) is 0 Å². The molecule has 0 aliphatic rings. The van der Waals surface area contributed by atoms with Gasteiger partial charge in [-0.25, -0.2) is 0 Å². The van der Waals surface area contributed by atoms with Crippen molar-refractivity contribution >= 4 is 17.4 Å². The van der Waals surface area contributed by atoms with Gasteiger partial charge in [0.1, 0.15) is 0 Å². The Morgan fingerprint density at radius 3 is 2.70 bits per heavy atom. The largest absolute Gasteiger partial charge is 0.399 e. The fourth-order valence-corrected chi connectivity index (χ4v) is 1.85. The van der Waals surface area contributed by atoms with Crippen molar-refractivity contribution in [2.75, 3.05) is 11.1 Å². The van der Waals surface area contributed by atoms with Gasteiger partial charge >= 0.3 is 0 Å². The number of nitrogens with one attached hydrogen (secondary N) is 2. The van der Waals surface area contributed by atoms with Crippen LogP contribution in [0, 0.1) is 0 Å². The molecule has 1 aromatic heterocycles. The highest BCUT2D eigenvalue weighted by atomic mass is 16.1. The zero-order valence-electron chi connectivity index (χ0n) is 12.0. The molecule has 0 saturated carbocycles. The first-order valence-corrected chi connectivity index (χ1v) is 6.55. The second-order valence-electron chi connectivity index (χ2n) is 5.89. The Bertz CT molecular complexity index is 610. The van der Waals surface area contributed by atoms with E-state index in [4.69, 9.17) is 5.73 Å². The van der Waals surface area contributed by atoms with Gasteiger partial charge in [0.25, 0.3) is 0 Å². The van der Waals surface area contributed by atoms with Crippen molar-refractivity contribution in [3.63, 3.8) is 0 Å². The van der Waals surface area contributed by atoms with Crippen molar-refractivity contribution in [2.24, 2.45) is 0 Å². The van der Waals surface area contributed by atoms with E-state index in [1.54, 1.807) is 12.1 Å². The first-order valence-electron chi connectivity index (χ1n) is 6.55. The number of carbonyl (C=O) groups is 1. The molecule has 106 valence electrons. The number of hydrogen-bond acceptors (Lipinski definition) is 3. The van der Waals surface area contributed by atoms with E-state index in [-0.39, 0.29) is 17.7 Å². The molecule has 1 heterocycles. The van der Waals surface area contributed by atoms with Crippen LogP contribution in [0.1, 0.15) is 32.0 Å². The van der Waals surface area contributed by atoms with E-state index in [0.717, 1.165) is 11.3 Å². The Kier molecular flexibility index (Phi) is 3.79. The highest BCUT2D eigenvalue weighted by molar-refractivity contribution is 5.91. The van der Waals surface area contributed by atoms with E-state index >= 15 is 0 Å². The van der Waals surface area contributed by atoms with Gasteiger partial charge in [0.05, 0.1) is 6.42 Å². The zero-order chi connectivity index (χ0) is 14.8. The minimum atomic E-state index is -0.109. The summed E-state index contributed by atoms with van der Waals surface area (Å²) in [6.07, 6.45) is 0.281. The van der Waals surface area contributed by atoms with Gasteiger partial charge in [0.2, 0.25) is 5.91 Å². The number of aromatic amines is 1. The molecule has 0 bridgehead atoms. The summed E-state index contributed by atoms with van der Waals surface area (Å²) < 4.78 is 0. The van der Waals surface area contributed by atoms with E-state index < -0.39 is 0 Å². The third kappa shape index (κ3) is 3.60. The predicted molar refractivity (Wildman–Crippen MR) is 80.5 cm³/mol. The monoisotopic (exact) mass is 272 g/mol. The van der Waals surface area contributed by atoms with Gasteiger partial charge in [-0.2, -0.15) is 5.10 Å². The maximum Gasteiger partial charge on any atom is 0.229 e. The Morgan fingerprint density at radius 1 is 1.35 bits per heavy atom. The lowest BCUT2D eigenvalue weighted by molar-refractivity contribution is -0.115. The van der Waals surface area contributed by atoms with Gasteiger partial charge < -0.3 is 11.1 Å². The van der Waals surface area contributed by atoms with Crippen molar-refractivity contribution < 1.29 is 4.79 Å². The molecule has 0 aliphatic carbocycles. The van der Waals surface area contributed by atoms with Crippen molar-refractivity contribution in [3.05, 3.63) is 41.6 Å². The highest BCUT2D eigenvalue weighted by Gasteiger charge is 2.17. The molecule has 20 heavy (non-hydrogen) atoms. The van der Waals surface area contributed by atoms with Crippen LogP contribution >= 0.6 is 0 Å². The van der Waals surface area contributed by atoms with Crippen LogP contribution in [-0.4, -0.2) is 16.1 Å². The van der Waals surface area contributed by atoms with E-state index in [2.05, 4.69) is 36.3 Å². The summed E-state index contributed by atoms with van der Waals surface area (Å²) in [4.78, 5) is 11.9. The maximum absolute atomic E-state index is 11.9. The van der Waals surface area contributed by atoms with Crippen LogP contribution < -0.4 is 11.1 Å². The minimum absolute atomic E-state index is 0.0239. The summed E-state index contributed by atoms with van der Waals surface area (Å²) >= 11 is 0. The normalized spacial score (nSPS) is 11.3. The molecule has 5 heteroatoms. The Balaban J connectivity index is 2.00. The number of H-pyrrole nitrogens is 1. The van der Waals surface area contributed by atoms with E-state index in [9.17, 15) is 4.79 Å². The number of aromatic nitrogens is 2. The second kappa shape index (κ2) is 5.36. The molecule has 0 aliphatic heterocycles. The lowest BCUT2D eigenvalue weighted by atomic mass is 9.92. The SMILES string of the molecule is CC(C)(C)c1cc(NC(=O)Cc2cccc(N)c2)n[nH]1. The average molecular weight is 272 g/mol. The standard InChI is InChI=1S/C15H20N4O/c1-15(2,3)12-9-13(19-18-12)17-14(20)8-10-5-4-6-11(16)7-10/h4-7,9H,8,16H2,1-3H3,(H2,17,18,19,20). The maximum atomic E-state index is 11.9. The number of anilines is 2. The molecule has 2 aromatic rings. The number of nitrogens with zero attached hydrogens (tertiary/aromatic N) is 1. The quantitative estimate of drug-likeness (QED) is 0.750. The van der Waals surface area contributed by atoms with Crippen LogP contribution in [0.2, 0.25) is 0 Å². The lowest BCUT2D eigenvalue weighted by Gasteiger charge is -2.14. The Hall–Kier alpha value is -2.30. The van der Waals surface area contributed by atoms with Gasteiger partial charge in [-0.1, -0.05) is 32.9 Å². The van der Waals surface area contributed by atoms with Crippen LogP contribution in [0.4, 0.5) is 11.5 Å². The van der Waals surface area contributed by atoms with Crippen molar-refractivity contribution in [1.82, 2.24) is 10.2 Å². The summed E-state index contributed by atoms with van der Waals surface area (Å²) in [5.74, 6) is 0.436. The zero-order valence-corrected chi connectivity index (χ0v) is 12.0. The Morgan fingerprint density at radius 2 is 2.10 bits per heavy atom. The molecule has 0 saturated heterocycles. The van der Waals surface area contributed by atoms with E-state index in [0.29, 0.717) is 11.5 Å². The van der Waals surface area contributed by atoms with Gasteiger partial charge in [-0.15, -0.1) is 0 Å². The minimum Gasteiger partial charge on any atom is -0.399 e. The average Bonchev–Trinajstić information content (AvgIpc) is 2.76. The first kappa shape index (κ1) is 14.1. The first-order chi connectivity index (χ1) is 9.34. The number of amides is 1. The Labute approximate surface area is 118 Å². The highest BCUT2D eigenvalue weighted by Crippen LogP contribution is 2.22. The van der Waals surface area contributed by atoms with Crippen molar-refractivity contribution in [1.29, 1.82) is 0 Å². The number of benzene rings is 1. The summed E-state index contributed by atoms with van der Waals surface area (Å²) in [5, 5.41) is 9.82. The summed E-state index contributed by atoms with van der Waals surface area (Å²) in [6, 6.07) is 9.16. The molecule has 1 amide bonds. The molecule has 5 nitrogen and oxygen atoms in total. The van der Waals surface area contributed by atoms with Gasteiger partial charge in [-0.3, -0.25) is 9.89 Å². The van der Waals surface area contributed by atoms with Gasteiger partial charge in [0.15, 0.2) is 5.82 Å². The predicted octanol–water partition coefficient (Wildman–Crippen LogP) is 2.47. The molecule has 0 fully saturated rings. The molecule has 2 rings (SSSR count). The number of carbonyl (C=O) groups excluding carboxylic acids is 1. The molecule has 0 spiro atoms. The van der Waals surface area contributed by atoms with E-state index in [1.165, 1.54) is 0 Å². The number of hydrogen-bond donors (Lipinski definition) is 3. The summed E-state index contributed by atoms with van der Waals surface area (Å²) in [6.45, 7) is 6.25. The molecular weight excluding hydrogens is 252 g/mol. The fourth-order valence-electron chi connectivity index (χ4n) is 1.85. The third-order valence-corrected chi connectivity index (χ3v) is 2.97. The molecule has 0 atom stereocenters. The second-order valence-corrected chi connectivity index (χ2v) is 5.89. The van der Waals surface area contributed by atoms with Crippen molar-refractivity contribution in [3.8, 4) is 0 Å². The molecule has 0 radical (unpaired) electrons. The number of nitrogens with two attached hydrogens (primary N) is 1. The van der Waals surface area contributed by atoms with Crippen LogP contribution in [-0.2, 0) is 16.6 Å². The fraction of sp³-hybridized carbons (Fsp3) is 0.333. The number of rotatable bonds is 3. The third-order valence-electron chi connectivity index (χ3n) is 2.97. The van der Waals surface area contributed by atoms with Crippen molar-refractivity contribution in [2.45, 2.75) is 32.6 Å². The molecule has 4 N–H and O–H groups in total. The smallest absolute Gasteiger partial charge is 0.229 e. The van der Waals surface area contributed by atoms with Gasteiger partial charge in [-0.05, 0) is 17.7 Å². The topological polar surface area (TPSA) is 83.8 Å². The van der Waals surface area contributed by atoms with E-state index in [1.807, 2.05) is 18.2 Å².